The number of ether oxygens (including phenoxy) is 1. The summed E-state index contributed by atoms with van der Waals surface area (Å²) in [7, 11) is 1.68. The number of thioether (sulfide) groups is 1. The summed E-state index contributed by atoms with van der Waals surface area (Å²) < 4.78 is 6.62. The van der Waals surface area contributed by atoms with Crippen molar-refractivity contribution in [2.45, 2.75) is 10.3 Å². The number of methoxy groups -OCH3 is 1. The molecule has 0 saturated heterocycles. The summed E-state index contributed by atoms with van der Waals surface area (Å²) in [5, 5.41) is 2.08. The lowest BCUT2D eigenvalue weighted by molar-refractivity contribution is 0.407. The Morgan fingerprint density at radius 1 is 1.29 bits per heavy atom. The lowest BCUT2D eigenvalue weighted by Crippen LogP contribution is -2.13. The Bertz CT molecular complexity index is 456. The van der Waals surface area contributed by atoms with Crippen LogP contribution < -0.4 is 10.5 Å². The monoisotopic (exact) mass is 265 g/mol. The second-order valence-corrected chi connectivity index (χ2v) is 5.86. The van der Waals surface area contributed by atoms with Gasteiger partial charge in [0.15, 0.2) is 0 Å². The van der Waals surface area contributed by atoms with Gasteiger partial charge >= 0.3 is 0 Å². The zero-order chi connectivity index (χ0) is 12.1. The second-order valence-electron chi connectivity index (χ2n) is 3.59. The van der Waals surface area contributed by atoms with E-state index in [1.165, 1.54) is 4.21 Å². The van der Waals surface area contributed by atoms with Crippen LogP contribution in [0.15, 0.2) is 46.0 Å². The van der Waals surface area contributed by atoms with Crippen LogP contribution in [0.4, 0.5) is 0 Å². The van der Waals surface area contributed by atoms with E-state index in [1.807, 2.05) is 24.3 Å². The molecule has 2 aromatic rings. The Morgan fingerprint density at radius 2 is 2.12 bits per heavy atom. The predicted octanol–water partition coefficient (Wildman–Crippen LogP) is 3.55. The molecular formula is C13H15NOS2. The third kappa shape index (κ3) is 3.25. The molecule has 1 aromatic heterocycles. The summed E-state index contributed by atoms with van der Waals surface area (Å²) in [6.45, 7) is 0. The Morgan fingerprint density at radius 3 is 2.82 bits per heavy atom. The van der Waals surface area contributed by atoms with Crippen LogP contribution in [-0.4, -0.2) is 12.9 Å². The highest BCUT2D eigenvalue weighted by Crippen LogP contribution is 2.30. The SMILES string of the molecule is COc1ccccc1C(N)CSc1cccs1. The molecule has 2 rings (SSSR count). The highest BCUT2D eigenvalue weighted by molar-refractivity contribution is 8.01. The van der Waals surface area contributed by atoms with Crippen LogP contribution in [0.2, 0.25) is 0 Å². The van der Waals surface area contributed by atoms with Crippen LogP contribution in [0.3, 0.4) is 0 Å². The summed E-state index contributed by atoms with van der Waals surface area (Å²) in [5.74, 6) is 1.73. The van der Waals surface area contributed by atoms with Gasteiger partial charge in [0.05, 0.1) is 11.3 Å². The van der Waals surface area contributed by atoms with Crippen molar-refractivity contribution in [3.63, 3.8) is 0 Å². The van der Waals surface area contributed by atoms with Crippen LogP contribution in [-0.2, 0) is 0 Å². The second kappa shape index (κ2) is 6.10. The van der Waals surface area contributed by atoms with E-state index in [1.54, 1.807) is 30.2 Å². The van der Waals surface area contributed by atoms with Crippen LogP contribution in [0.25, 0.3) is 0 Å². The van der Waals surface area contributed by atoms with Crippen molar-refractivity contribution in [2.75, 3.05) is 12.9 Å². The maximum absolute atomic E-state index is 6.19. The van der Waals surface area contributed by atoms with Crippen LogP contribution in [0.1, 0.15) is 11.6 Å². The molecule has 0 spiro atoms. The summed E-state index contributed by atoms with van der Waals surface area (Å²) in [6.07, 6.45) is 0. The zero-order valence-electron chi connectivity index (χ0n) is 9.63. The molecule has 17 heavy (non-hydrogen) atoms. The van der Waals surface area contributed by atoms with Crippen LogP contribution in [0, 0.1) is 0 Å². The average Bonchev–Trinajstić information content (AvgIpc) is 2.89. The summed E-state index contributed by atoms with van der Waals surface area (Å²) in [4.78, 5) is 0. The highest BCUT2D eigenvalue weighted by Gasteiger charge is 2.11. The molecule has 0 fully saturated rings. The molecule has 0 amide bonds. The number of para-hydroxylation sites is 1. The van der Waals surface area contributed by atoms with E-state index in [-0.39, 0.29) is 6.04 Å². The first-order valence-electron chi connectivity index (χ1n) is 5.36. The van der Waals surface area contributed by atoms with Crippen molar-refractivity contribution in [1.82, 2.24) is 0 Å². The number of hydrogen-bond donors (Lipinski definition) is 1. The molecule has 0 aliphatic carbocycles. The molecular weight excluding hydrogens is 250 g/mol. The molecule has 2 N–H and O–H groups in total. The van der Waals surface area contributed by atoms with Gasteiger partial charge in [-0.05, 0) is 17.5 Å². The number of rotatable bonds is 5. The molecule has 1 heterocycles. The van der Waals surface area contributed by atoms with Crippen molar-refractivity contribution in [3.8, 4) is 5.75 Å². The maximum Gasteiger partial charge on any atom is 0.123 e. The van der Waals surface area contributed by atoms with Gasteiger partial charge in [-0.2, -0.15) is 0 Å². The van der Waals surface area contributed by atoms with Gasteiger partial charge in [-0.15, -0.1) is 23.1 Å². The van der Waals surface area contributed by atoms with Gasteiger partial charge in [-0.25, -0.2) is 0 Å². The topological polar surface area (TPSA) is 35.2 Å². The fourth-order valence-electron chi connectivity index (χ4n) is 1.58. The Balaban J connectivity index is 2.01. The third-order valence-electron chi connectivity index (χ3n) is 2.44. The smallest absolute Gasteiger partial charge is 0.123 e. The molecule has 0 aliphatic rings. The summed E-state index contributed by atoms with van der Waals surface area (Å²) in [5.41, 5.74) is 7.26. The number of hydrogen-bond acceptors (Lipinski definition) is 4. The Labute approximate surface area is 110 Å². The normalized spacial score (nSPS) is 12.4. The molecule has 4 heteroatoms. The number of benzene rings is 1. The lowest BCUT2D eigenvalue weighted by Gasteiger charge is -2.14. The fourth-order valence-corrected chi connectivity index (χ4v) is 3.37. The predicted molar refractivity (Wildman–Crippen MR) is 75.0 cm³/mol. The molecule has 1 atom stereocenters. The fraction of sp³-hybridized carbons (Fsp3) is 0.231. The average molecular weight is 265 g/mol. The molecule has 0 radical (unpaired) electrons. The molecule has 2 nitrogen and oxygen atoms in total. The first-order valence-corrected chi connectivity index (χ1v) is 7.22. The van der Waals surface area contributed by atoms with Crippen molar-refractivity contribution in [3.05, 3.63) is 47.3 Å². The van der Waals surface area contributed by atoms with Crippen molar-refractivity contribution in [2.24, 2.45) is 5.73 Å². The zero-order valence-corrected chi connectivity index (χ0v) is 11.3. The van der Waals surface area contributed by atoms with Gasteiger partial charge in [0, 0.05) is 17.4 Å². The van der Waals surface area contributed by atoms with E-state index >= 15 is 0 Å². The standard InChI is InChI=1S/C13H15NOS2/c1-15-12-6-3-2-5-10(12)11(14)9-17-13-7-4-8-16-13/h2-8,11H,9,14H2,1H3. The van der Waals surface area contributed by atoms with E-state index in [9.17, 15) is 0 Å². The van der Waals surface area contributed by atoms with Gasteiger partial charge in [0.25, 0.3) is 0 Å². The highest BCUT2D eigenvalue weighted by atomic mass is 32.2. The lowest BCUT2D eigenvalue weighted by atomic mass is 10.1. The molecule has 1 unspecified atom stereocenters. The van der Waals surface area contributed by atoms with E-state index in [2.05, 4.69) is 17.5 Å². The first kappa shape index (κ1) is 12.5. The molecule has 0 aliphatic heterocycles. The number of thiophene rings is 1. The van der Waals surface area contributed by atoms with Crippen molar-refractivity contribution in [1.29, 1.82) is 0 Å². The molecule has 1 aromatic carbocycles. The quantitative estimate of drug-likeness (QED) is 0.840. The van der Waals surface area contributed by atoms with E-state index in [4.69, 9.17) is 10.5 Å². The van der Waals surface area contributed by atoms with Gasteiger partial charge < -0.3 is 10.5 Å². The third-order valence-corrected chi connectivity index (χ3v) is 4.69. The number of nitrogens with two attached hydrogens (primary N) is 1. The van der Waals surface area contributed by atoms with Crippen LogP contribution in [0.5, 0.6) is 5.75 Å². The molecule has 90 valence electrons. The molecule has 0 bridgehead atoms. The molecule has 0 saturated carbocycles. The Hall–Kier alpha value is -0.970. The summed E-state index contributed by atoms with van der Waals surface area (Å²) in [6, 6.07) is 12.1. The van der Waals surface area contributed by atoms with Gasteiger partial charge in [-0.1, -0.05) is 24.3 Å². The van der Waals surface area contributed by atoms with Crippen molar-refractivity contribution >= 4 is 23.1 Å². The van der Waals surface area contributed by atoms with E-state index < -0.39 is 0 Å². The van der Waals surface area contributed by atoms with Crippen molar-refractivity contribution < 1.29 is 4.74 Å². The minimum Gasteiger partial charge on any atom is -0.496 e. The minimum absolute atomic E-state index is 0.00162. The van der Waals surface area contributed by atoms with E-state index in [0.717, 1.165) is 17.1 Å². The van der Waals surface area contributed by atoms with Gasteiger partial charge in [-0.3, -0.25) is 0 Å². The van der Waals surface area contributed by atoms with Gasteiger partial charge in [0.2, 0.25) is 0 Å². The largest absolute Gasteiger partial charge is 0.496 e. The van der Waals surface area contributed by atoms with E-state index in [0.29, 0.717) is 0 Å². The summed E-state index contributed by atoms with van der Waals surface area (Å²) >= 11 is 3.53. The maximum atomic E-state index is 6.19. The first-order chi connectivity index (χ1) is 8.31. The minimum atomic E-state index is -0.00162. The Kier molecular flexibility index (Phi) is 4.48. The van der Waals surface area contributed by atoms with Gasteiger partial charge in [0.1, 0.15) is 5.75 Å². The van der Waals surface area contributed by atoms with Crippen LogP contribution >= 0.6 is 23.1 Å².